The number of anilines is 1. The summed E-state index contributed by atoms with van der Waals surface area (Å²) >= 11 is 6.62. The Hall–Kier alpha value is -0.730. The van der Waals surface area contributed by atoms with Crippen LogP contribution in [-0.4, -0.2) is 19.6 Å². The minimum Gasteiger partial charge on any atom is -0.367 e. The van der Waals surface area contributed by atoms with Crippen LogP contribution in [-0.2, 0) is 0 Å². The molecule has 2 rings (SSSR count). The summed E-state index contributed by atoms with van der Waals surface area (Å²) in [5.74, 6) is 0.651. The molecule has 0 spiro atoms. The van der Waals surface area contributed by atoms with Crippen molar-refractivity contribution in [1.29, 1.82) is 0 Å². The lowest BCUT2D eigenvalue weighted by Crippen LogP contribution is -2.36. The Kier molecular flexibility index (Phi) is 5.95. The highest BCUT2D eigenvalue weighted by Crippen LogP contribution is 2.35. The maximum atomic E-state index is 6.62. The normalized spacial score (nSPS) is 17.4. The highest BCUT2D eigenvalue weighted by Gasteiger charge is 2.25. The van der Waals surface area contributed by atoms with Gasteiger partial charge in [0.15, 0.2) is 0 Å². The summed E-state index contributed by atoms with van der Waals surface area (Å²) in [6.07, 6.45) is 5.31. The summed E-state index contributed by atoms with van der Waals surface area (Å²) in [5, 5.41) is 4.16. The first-order valence-electron chi connectivity index (χ1n) is 8.26. The number of benzene rings is 1. The van der Waals surface area contributed by atoms with Crippen molar-refractivity contribution in [3.05, 3.63) is 28.8 Å². The smallest absolute Gasteiger partial charge is 0.0642 e. The molecule has 0 bridgehead atoms. The molecule has 0 amide bonds. The van der Waals surface area contributed by atoms with Gasteiger partial charge in [-0.25, -0.2) is 0 Å². The lowest BCUT2D eigenvalue weighted by molar-refractivity contribution is 0.536. The number of halogens is 1. The van der Waals surface area contributed by atoms with E-state index in [0.29, 0.717) is 18.0 Å². The average Bonchev–Trinajstić information content (AvgIpc) is 2.98. The average molecular weight is 309 g/mol. The largest absolute Gasteiger partial charge is 0.367 e. The van der Waals surface area contributed by atoms with E-state index in [-0.39, 0.29) is 0 Å². The second kappa shape index (κ2) is 7.51. The molecule has 1 aliphatic rings. The minimum absolute atomic E-state index is 0.335. The summed E-state index contributed by atoms with van der Waals surface area (Å²) in [4.78, 5) is 2.55. The monoisotopic (exact) mass is 308 g/mol. The summed E-state index contributed by atoms with van der Waals surface area (Å²) in [5.41, 5.74) is 2.46. The zero-order valence-corrected chi connectivity index (χ0v) is 14.6. The highest BCUT2D eigenvalue weighted by atomic mass is 35.5. The Morgan fingerprint density at radius 3 is 2.43 bits per heavy atom. The van der Waals surface area contributed by atoms with Gasteiger partial charge in [0.2, 0.25) is 0 Å². The van der Waals surface area contributed by atoms with Gasteiger partial charge in [-0.15, -0.1) is 0 Å². The maximum Gasteiger partial charge on any atom is 0.0642 e. The van der Waals surface area contributed by atoms with Gasteiger partial charge in [0, 0.05) is 18.6 Å². The van der Waals surface area contributed by atoms with Crippen LogP contribution in [0.15, 0.2) is 18.2 Å². The fourth-order valence-electron chi connectivity index (χ4n) is 3.25. The second-order valence-electron chi connectivity index (χ2n) is 6.71. The first kappa shape index (κ1) is 16.6. The van der Waals surface area contributed by atoms with E-state index in [4.69, 9.17) is 11.6 Å². The fourth-order valence-corrected chi connectivity index (χ4v) is 3.54. The number of rotatable bonds is 6. The van der Waals surface area contributed by atoms with E-state index in [2.05, 4.69) is 49.2 Å². The first-order valence-corrected chi connectivity index (χ1v) is 8.64. The van der Waals surface area contributed by atoms with Gasteiger partial charge in [-0.3, -0.25) is 0 Å². The van der Waals surface area contributed by atoms with E-state index in [1.165, 1.54) is 36.9 Å². The van der Waals surface area contributed by atoms with Crippen molar-refractivity contribution in [3.63, 3.8) is 0 Å². The molecule has 3 heteroatoms. The Balaban J connectivity index is 2.26. The Morgan fingerprint density at radius 1 is 1.24 bits per heavy atom. The maximum absolute atomic E-state index is 6.62. The van der Waals surface area contributed by atoms with Gasteiger partial charge in [0.1, 0.15) is 0 Å². The van der Waals surface area contributed by atoms with E-state index in [1.807, 2.05) is 7.05 Å². The van der Waals surface area contributed by atoms with E-state index in [0.717, 1.165) is 11.6 Å². The Labute approximate surface area is 134 Å². The molecule has 0 aliphatic heterocycles. The van der Waals surface area contributed by atoms with E-state index in [1.54, 1.807) is 0 Å². The summed E-state index contributed by atoms with van der Waals surface area (Å²) < 4.78 is 0. The van der Waals surface area contributed by atoms with Crippen molar-refractivity contribution in [1.82, 2.24) is 5.32 Å². The summed E-state index contributed by atoms with van der Waals surface area (Å²) in [7, 11) is 1.98. The van der Waals surface area contributed by atoms with Gasteiger partial charge in [-0.05, 0) is 50.4 Å². The van der Waals surface area contributed by atoms with Crippen molar-refractivity contribution < 1.29 is 0 Å². The molecule has 21 heavy (non-hydrogen) atoms. The predicted molar refractivity (Wildman–Crippen MR) is 93.4 cm³/mol. The van der Waals surface area contributed by atoms with Crippen LogP contribution in [0.3, 0.4) is 0 Å². The zero-order valence-electron chi connectivity index (χ0n) is 13.8. The highest BCUT2D eigenvalue weighted by molar-refractivity contribution is 6.33. The summed E-state index contributed by atoms with van der Waals surface area (Å²) in [6, 6.07) is 7.55. The molecule has 0 radical (unpaired) electrons. The van der Waals surface area contributed by atoms with Gasteiger partial charge < -0.3 is 10.2 Å². The number of hydrogen-bond acceptors (Lipinski definition) is 2. The van der Waals surface area contributed by atoms with E-state index >= 15 is 0 Å². The van der Waals surface area contributed by atoms with Gasteiger partial charge >= 0.3 is 0 Å². The van der Waals surface area contributed by atoms with Crippen molar-refractivity contribution >= 4 is 17.3 Å². The van der Waals surface area contributed by atoms with Crippen LogP contribution in [0.1, 0.15) is 58.1 Å². The molecule has 2 nitrogen and oxygen atoms in total. The van der Waals surface area contributed by atoms with Gasteiger partial charge in [-0.1, -0.05) is 44.4 Å². The van der Waals surface area contributed by atoms with Gasteiger partial charge in [0.05, 0.1) is 10.7 Å². The van der Waals surface area contributed by atoms with Crippen molar-refractivity contribution in [3.8, 4) is 0 Å². The predicted octanol–water partition coefficient (Wildman–Crippen LogP) is 5.03. The van der Waals surface area contributed by atoms with Crippen LogP contribution in [0.2, 0.25) is 5.02 Å². The molecule has 0 heterocycles. The molecule has 1 aliphatic carbocycles. The molecule has 0 aromatic heterocycles. The molecule has 1 aromatic carbocycles. The Morgan fingerprint density at radius 2 is 1.90 bits per heavy atom. The third-order valence-corrected chi connectivity index (χ3v) is 4.84. The number of nitrogens with zero attached hydrogens (tertiary/aromatic N) is 1. The minimum atomic E-state index is 0.335. The molecule has 1 fully saturated rings. The SMILES string of the molecule is CNC(C)c1ccc(N(CC(C)C)C2CCCC2)c(Cl)c1. The van der Waals surface area contributed by atoms with Gasteiger partial charge in [0.25, 0.3) is 0 Å². The molecule has 1 atom stereocenters. The molecule has 1 unspecified atom stereocenters. The lowest BCUT2D eigenvalue weighted by atomic mass is 10.1. The van der Waals surface area contributed by atoms with Gasteiger partial charge in [-0.2, -0.15) is 0 Å². The number of hydrogen-bond donors (Lipinski definition) is 1. The standard InChI is InChI=1S/C18H29ClN2/c1-13(2)12-21(16-7-5-6-8-16)18-10-9-15(11-17(18)19)14(3)20-4/h9-11,13-14,16,20H,5-8,12H2,1-4H3. The van der Waals surface area contributed by atoms with Crippen LogP contribution < -0.4 is 10.2 Å². The van der Waals surface area contributed by atoms with Crippen LogP contribution >= 0.6 is 11.6 Å². The molecule has 1 N–H and O–H groups in total. The Bertz CT molecular complexity index is 453. The first-order chi connectivity index (χ1) is 10.0. The quantitative estimate of drug-likeness (QED) is 0.793. The third-order valence-electron chi connectivity index (χ3n) is 4.54. The molecular formula is C18H29ClN2. The van der Waals surface area contributed by atoms with E-state index in [9.17, 15) is 0 Å². The molecule has 1 aromatic rings. The second-order valence-corrected chi connectivity index (χ2v) is 7.11. The molecule has 118 valence electrons. The fraction of sp³-hybridized carbons (Fsp3) is 0.667. The zero-order chi connectivity index (χ0) is 15.4. The van der Waals surface area contributed by atoms with Crippen LogP contribution in [0, 0.1) is 5.92 Å². The topological polar surface area (TPSA) is 15.3 Å². The van der Waals surface area contributed by atoms with Crippen LogP contribution in [0.4, 0.5) is 5.69 Å². The number of nitrogens with one attached hydrogen (secondary N) is 1. The summed E-state index contributed by atoms with van der Waals surface area (Å²) in [6.45, 7) is 7.82. The lowest BCUT2D eigenvalue weighted by Gasteiger charge is -2.33. The van der Waals surface area contributed by atoms with E-state index < -0.39 is 0 Å². The molecular weight excluding hydrogens is 280 g/mol. The van der Waals surface area contributed by atoms with Crippen LogP contribution in [0.5, 0.6) is 0 Å². The van der Waals surface area contributed by atoms with Crippen molar-refractivity contribution in [2.45, 2.75) is 58.5 Å². The molecule has 0 saturated heterocycles. The third kappa shape index (κ3) is 4.14. The van der Waals surface area contributed by atoms with Crippen LogP contribution in [0.25, 0.3) is 0 Å². The van der Waals surface area contributed by atoms with Crippen molar-refractivity contribution in [2.75, 3.05) is 18.5 Å². The molecule has 1 saturated carbocycles. The van der Waals surface area contributed by atoms with Crippen molar-refractivity contribution in [2.24, 2.45) is 5.92 Å².